The predicted molar refractivity (Wildman–Crippen MR) is 75.6 cm³/mol. The molecule has 1 aliphatic heterocycles. The molecule has 1 aliphatic carbocycles. The Labute approximate surface area is 120 Å². The van der Waals surface area contributed by atoms with Crippen molar-refractivity contribution in [2.24, 2.45) is 11.8 Å². The number of rotatable bonds is 6. The van der Waals surface area contributed by atoms with Gasteiger partial charge in [-0.1, -0.05) is 0 Å². The van der Waals surface area contributed by atoms with E-state index in [9.17, 15) is 8.42 Å². The summed E-state index contributed by atoms with van der Waals surface area (Å²) >= 11 is 0. The molecule has 1 aromatic heterocycles. The van der Waals surface area contributed by atoms with Crippen LogP contribution in [0.1, 0.15) is 32.0 Å². The van der Waals surface area contributed by atoms with Crippen molar-refractivity contribution >= 4 is 10.0 Å². The minimum absolute atomic E-state index is 0.192. The highest BCUT2D eigenvalue weighted by atomic mass is 32.2. The van der Waals surface area contributed by atoms with Gasteiger partial charge in [0.05, 0.1) is 5.75 Å². The fraction of sp³-hybridized carbons (Fsp3) is 0.846. The Morgan fingerprint density at radius 2 is 2.10 bits per heavy atom. The first kappa shape index (κ1) is 14.0. The van der Waals surface area contributed by atoms with Gasteiger partial charge in [0.25, 0.3) is 0 Å². The molecular formula is C13H22N4O2S. The second-order valence-electron chi connectivity index (χ2n) is 5.96. The van der Waals surface area contributed by atoms with Crippen molar-refractivity contribution in [2.75, 3.05) is 18.8 Å². The smallest absolute Gasteiger partial charge is 0.213 e. The molecule has 0 radical (unpaired) electrons. The van der Waals surface area contributed by atoms with Crippen LogP contribution in [0, 0.1) is 11.8 Å². The van der Waals surface area contributed by atoms with Crippen LogP contribution in [0.15, 0.2) is 6.33 Å². The second-order valence-corrected chi connectivity index (χ2v) is 8.22. The summed E-state index contributed by atoms with van der Waals surface area (Å²) in [6, 6.07) is 0. The van der Waals surface area contributed by atoms with Crippen molar-refractivity contribution in [1.82, 2.24) is 19.1 Å². The number of nitrogens with zero attached hydrogens (tertiary/aromatic N) is 4. The number of sulfonamides is 1. The van der Waals surface area contributed by atoms with Gasteiger partial charge in [0.2, 0.25) is 10.0 Å². The zero-order valence-corrected chi connectivity index (χ0v) is 12.7. The highest BCUT2D eigenvalue weighted by Gasteiger charge is 2.31. The van der Waals surface area contributed by atoms with Crippen molar-refractivity contribution < 1.29 is 8.42 Å². The van der Waals surface area contributed by atoms with Gasteiger partial charge in [-0.05, 0) is 38.0 Å². The zero-order chi connectivity index (χ0) is 14.2. The molecule has 0 bridgehead atoms. The lowest BCUT2D eigenvalue weighted by Crippen LogP contribution is -2.30. The number of hydrogen-bond acceptors (Lipinski definition) is 4. The first-order valence-corrected chi connectivity index (χ1v) is 9.04. The third-order valence-electron chi connectivity index (χ3n) is 4.33. The van der Waals surface area contributed by atoms with E-state index in [1.165, 1.54) is 12.8 Å². The monoisotopic (exact) mass is 298 g/mol. The Morgan fingerprint density at radius 3 is 2.80 bits per heavy atom. The van der Waals surface area contributed by atoms with E-state index >= 15 is 0 Å². The van der Waals surface area contributed by atoms with Crippen molar-refractivity contribution in [1.29, 1.82) is 0 Å². The van der Waals surface area contributed by atoms with E-state index in [2.05, 4.69) is 14.8 Å². The summed E-state index contributed by atoms with van der Waals surface area (Å²) in [6.45, 7) is 4.00. The molecule has 1 atom stereocenters. The molecule has 112 valence electrons. The molecule has 1 saturated heterocycles. The maximum absolute atomic E-state index is 11.9. The maximum Gasteiger partial charge on any atom is 0.213 e. The molecule has 0 amide bonds. The fourth-order valence-electron chi connectivity index (χ4n) is 2.83. The topological polar surface area (TPSA) is 68.1 Å². The maximum atomic E-state index is 11.9. The largest absolute Gasteiger partial charge is 0.317 e. The summed E-state index contributed by atoms with van der Waals surface area (Å²) in [5.74, 6) is 2.37. The molecule has 3 rings (SSSR count). The van der Waals surface area contributed by atoms with Gasteiger partial charge >= 0.3 is 0 Å². The van der Waals surface area contributed by atoms with Crippen LogP contribution in [-0.2, 0) is 23.0 Å². The van der Waals surface area contributed by atoms with Gasteiger partial charge in [-0.25, -0.2) is 12.7 Å². The second kappa shape index (κ2) is 5.44. The molecule has 0 spiro atoms. The molecule has 6 nitrogen and oxygen atoms in total. The van der Waals surface area contributed by atoms with Crippen LogP contribution in [0.3, 0.4) is 0 Å². The molecule has 1 aromatic rings. The zero-order valence-electron chi connectivity index (χ0n) is 11.9. The third kappa shape index (κ3) is 3.03. The minimum atomic E-state index is -3.04. The van der Waals surface area contributed by atoms with Gasteiger partial charge in [0.1, 0.15) is 12.2 Å². The van der Waals surface area contributed by atoms with Gasteiger partial charge in [0, 0.05) is 26.1 Å². The van der Waals surface area contributed by atoms with Crippen LogP contribution in [0.5, 0.6) is 0 Å². The Balaban J connectivity index is 1.60. The fourth-order valence-corrected chi connectivity index (χ4v) is 4.01. The third-order valence-corrected chi connectivity index (χ3v) is 6.17. The van der Waals surface area contributed by atoms with E-state index in [1.807, 2.05) is 6.33 Å². The summed E-state index contributed by atoms with van der Waals surface area (Å²) in [6.07, 6.45) is 6.19. The van der Waals surface area contributed by atoms with E-state index in [4.69, 9.17) is 0 Å². The molecule has 7 heteroatoms. The predicted octanol–water partition coefficient (Wildman–Crippen LogP) is 0.902. The van der Waals surface area contributed by atoms with E-state index in [-0.39, 0.29) is 5.75 Å². The van der Waals surface area contributed by atoms with Crippen LogP contribution < -0.4 is 0 Å². The van der Waals surface area contributed by atoms with Crippen LogP contribution in [0.25, 0.3) is 0 Å². The molecule has 1 saturated carbocycles. The van der Waals surface area contributed by atoms with E-state index in [1.54, 1.807) is 11.2 Å². The molecule has 1 unspecified atom stereocenters. The van der Waals surface area contributed by atoms with Crippen LogP contribution >= 0.6 is 0 Å². The molecular weight excluding hydrogens is 276 g/mol. The highest BCUT2D eigenvalue weighted by Crippen LogP contribution is 2.31. The summed E-state index contributed by atoms with van der Waals surface area (Å²) < 4.78 is 27.5. The van der Waals surface area contributed by atoms with Crippen molar-refractivity contribution in [3.8, 4) is 0 Å². The Hall–Kier alpha value is -0.950. The lowest BCUT2D eigenvalue weighted by Gasteiger charge is -2.15. The quantitative estimate of drug-likeness (QED) is 0.782. The Morgan fingerprint density at radius 1 is 1.30 bits per heavy atom. The molecule has 2 heterocycles. The lowest BCUT2D eigenvalue weighted by molar-refractivity contribution is 0.449. The summed E-state index contributed by atoms with van der Waals surface area (Å²) in [4.78, 5) is 0. The first-order valence-electron chi connectivity index (χ1n) is 7.43. The van der Waals surface area contributed by atoms with Crippen LogP contribution in [0.4, 0.5) is 0 Å². The average Bonchev–Trinajstić information content (AvgIpc) is 2.94. The van der Waals surface area contributed by atoms with Gasteiger partial charge in [-0.2, -0.15) is 0 Å². The van der Waals surface area contributed by atoms with Gasteiger partial charge < -0.3 is 4.57 Å². The Kier molecular flexibility index (Phi) is 3.81. The van der Waals surface area contributed by atoms with Crippen LogP contribution in [-0.4, -0.2) is 46.3 Å². The van der Waals surface area contributed by atoms with Crippen LogP contribution in [0.2, 0.25) is 0 Å². The van der Waals surface area contributed by atoms with Gasteiger partial charge in [-0.3, -0.25) is 0 Å². The highest BCUT2D eigenvalue weighted by molar-refractivity contribution is 7.89. The lowest BCUT2D eigenvalue weighted by atomic mass is 10.0. The van der Waals surface area contributed by atoms with Gasteiger partial charge in [0.15, 0.2) is 0 Å². The standard InChI is InChI=1S/C13H22N4O2S/c1-2-20(18,19)17-6-5-12(9-17)7-13-15-14-10-16(13)8-11-3-4-11/h10-12H,2-9H2,1H3. The average molecular weight is 298 g/mol. The molecule has 0 aromatic carbocycles. The number of aromatic nitrogens is 3. The minimum Gasteiger partial charge on any atom is -0.317 e. The Bertz CT molecular complexity index is 565. The summed E-state index contributed by atoms with van der Waals surface area (Å²) in [7, 11) is -3.04. The number of hydrogen-bond donors (Lipinski definition) is 0. The SMILES string of the molecule is CCS(=O)(=O)N1CCC(Cc2nncn2CC2CC2)C1. The summed E-state index contributed by atoms with van der Waals surface area (Å²) in [5, 5.41) is 8.22. The van der Waals surface area contributed by atoms with E-state index in [0.717, 1.165) is 31.1 Å². The van der Waals surface area contributed by atoms with E-state index in [0.29, 0.717) is 19.0 Å². The molecule has 2 fully saturated rings. The van der Waals surface area contributed by atoms with Gasteiger partial charge in [-0.15, -0.1) is 10.2 Å². The summed E-state index contributed by atoms with van der Waals surface area (Å²) in [5.41, 5.74) is 0. The normalized spacial score (nSPS) is 24.4. The van der Waals surface area contributed by atoms with E-state index < -0.39 is 10.0 Å². The van der Waals surface area contributed by atoms with Crippen molar-refractivity contribution in [3.63, 3.8) is 0 Å². The molecule has 0 N–H and O–H groups in total. The molecule has 2 aliphatic rings. The molecule has 20 heavy (non-hydrogen) atoms. The van der Waals surface area contributed by atoms with Crippen molar-refractivity contribution in [3.05, 3.63) is 12.2 Å². The van der Waals surface area contributed by atoms with Crippen molar-refractivity contribution in [2.45, 2.75) is 39.2 Å². The first-order chi connectivity index (χ1) is 9.58.